The zero-order valence-electron chi connectivity index (χ0n) is 5.29. The van der Waals surface area contributed by atoms with Gasteiger partial charge in [0.2, 0.25) is 0 Å². The zero-order valence-corrected chi connectivity index (χ0v) is 6.69. The minimum atomic E-state index is -0.271. The number of benzene rings is 1. The van der Waals surface area contributed by atoms with Crippen LogP contribution in [0.4, 0.5) is 4.39 Å². The molecule has 0 bridgehead atoms. The van der Waals surface area contributed by atoms with Crippen LogP contribution in [0.1, 0.15) is 5.56 Å². The van der Waals surface area contributed by atoms with Crippen LogP contribution in [0.25, 0.3) is 0 Å². The molecule has 0 spiro atoms. The molecule has 10 heavy (non-hydrogen) atoms. The molecule has 0 fully saturated rings. The summed E-state index contributed by atoms with van der Waals surface area (Å²) in [6, 6.07) is 5.75. The van der Waals surface area contributed by atoms with E-state index in [-0.39, 0.29) is 31.0 Å². The molecule has 0 aliphatic heterocycles. The summed E-state index contributed by atoms with van der Waals surface area (Å²) < 4.78 is 12.1. The predicted molar refractivity (Wildman–Crippen MR) is 32.3 cm³/mol. The molecule has 0 aliphatic rings. The van der Waals surface area contributed by atoms with Gasteiger partial charge in [0, 0.05) is 18.6 Å². The average Bonchev–Trinajstić information content (AvgIpc) is 1.90. The van der Waals surface area contributed by atoms with Gasteiger partial charge in [0.05, 0.1) is 6.61 Å². The fourth-order valence-corrected chi connectivity index (χ4v) is 0.590. The normalized spacial score (nSPS) is 8.60. The van der Waals surface area contributed by atoms with Crippen molar-refractivity contribution in [3.05, 3.63) is 35.6 Å². The Morgan fingerprint density at radius 2 is 1.70 bits per heavy atom. The summed E-state index contributed by atoms with van der Waals surface area (Å²) in [6.07, 6.45) is 0. The second kappa shape index (κ2) is 4.50. The second-order valence-electron chi connectivity index (χ2n) is 1.78. The Morgan fingerprint density at radius 1 is 1.20 bits per heavy atom. The van der Waals surface area contributed by atoms with E-state index in [0.29, 0.717) is 0 Å². The summed E-state index contributed by atoms with van der Waals surface area (Å²) in [5.74, 6) is -0.271. The third kappa shape index (κ3) is 2.52. The van der Waals surface area contributed by atoms with E-state index in [0.717, 1.165) is 5.56 Å². The van der Waals surface area contributed by atoms with E-state index in [2.05, 4.69) is 0 Å². The maximum absolute atomic E-state index is 12.1. The van der Waals surface area contributed by atoms with Crippen molar-refractivity contribution < 1.29 is 28.1 Å². The van der Waals surface area contributed by atoms with E-state index < -0.39 is 0 Å². The Kier molecular flexibility index (Phi) is 4.36. The third-order valence-electron chi connectivity index (χ3n) is 1.10. The van der Waals surface area contributed by atoms with Crippen LogP contribution in [0.2, 0.25) is 0 Å². The Hall–Kier alpha value is -0.306. The Balaban J connectivity index is 0.000000810. The van der Waals surface area contributed by atoms with Gasteiger partial charge >= 0.3 is 0 Å². The number of hydrogen-bond acceptors (Lipinski definition) is 1. The summed E-state index contributed by atoms with van der Waals surface area (Å²) >= 11 is 0. The molecule has 0 amide bonds. The second-order valence-corrected chi connectivity index (χ2v) is 1.78. The van der Waals surface area contributed by atoms with Gasteiger partial charge in [0.15, 0.2) is 0 Å². The van der Waals surface area contributed by atoms with Gasteiger partial charge in [-0.25, -0.2) is 4.39 Å². The molecule has 3 heteroatoms. The largest absolute Gasteiger partial charge is 0.392 e. The average molecular weight is 177 g/mol. The quantitative estimate of drug-likeness (QED) is 0.685. The van der Waals surface area contributed by atoms with Crippen LogP contribution in [0, 0.1) is 5.82 Å². The van der Waals surface area contributed by atoms with E-state index in [1.54, 1.807) is 12.1 Å². The molecule has 0 aromatic heterocycles. The van der Waals surface area contributed by atoms with Crippen LogP contribution < -0.4 is 0 Å². The third-order valence-corrected chi connectivity index (χ3v) is 1.10. The van der Waals surface area contributed by atoms with Gasteiger partial charge in [-0.05, 0) is 17.7 Å². The van der Waals surface area contributed by atoms with E-state index >= 15 is 0 Å². The summed E-state index contributed by atoms with van der Waals surface area (Å²) in [4.78, 5) is 0. The summed E-state index contributed by atoms with van der Waals surface area (Å²) in [7, 11) is 0. The van der Waals surface area contributed by atoms with Crippen LogP contribution in [0.15, 0.2) is 24.3 Å². The first-order valence-electron chi connectivity index (χ1n) is 2.68. The molecule has 0 aliphatic carbocycles. The van der Waals surface area contributed by atoms with Gasteiger partial charge in [0.1, 0.15) is 5.82 Å². The molecule has 1 radical (unpaired) electrons. The van der Waals surface area contributed by atoms with E-state index in [4.69, 9.17) is 5.11 Å². The Labute approximate surface area is 70.8 Å². The number of aliphatic hydroxyl groups excluding tert-OH is 1. The predicted octanol–water partition coefficient (Wildman–Crippen LogP) is 1.32. The number of aliphatic hydroxyl groups is 1. The topological polar surface area (TPSA) is 20.2 Å². The van der Waals surface area contributed by atoms with Gasteiger partial charge in [-0.15, -0.1) is 0 Å². The fourth-order valence-electron chi connectivity index (χ4n) is 0.590. The zero-order chi connectivity index (χ0) is 6.69. The first-order valence-corrected chi connectivity index (χ1v) is 2.68. The summed E-state index contributed by atoms with van der Waals surface area (Å²) in [6.45, 7) is -0.0275. The Bertz CT molecular complexity index is 185. The number of halogens is 1. The van der Waals surface area contributed by atoms with Crippen LogP contribution in [-0.2, 0) is 25.2 Å². The Morgan fingerprint density at radius 3 is 2.10 bits per heavy atom. The summed E-state index contributed by atoms with van der Waals surface area (Å²) in [5.41, 5.74) is 0.733. The molecule has 1 aromatic carbocycles. The van der Waals surface area contributed by atoms with Crippen molar-refractivity contribution in [3.63, 3.8) is 0 Å². The van der Waals surface area contributed by atoms with Gasteiger partial charge < -0.3 is 5.11 Å². The molecule has 53 valence electrons. The van der Waals surface area contributed by atoms with E-state index in [9.17, 15) is 4.39 Å². The van der Waals surface area contributed by atoms with Crippen molar-refractivity contribution in [3.8, 4) is 0 Å². The van der Waals surface area contributed by atoms with Crippen molar-refractivity contribution in [2.45, 2.75) is 6.61 Å². The maximum atomic E-state index is 12.1. The fraction of sp³-hybridized carbons (Fsp3) is 0.143. The van der Waals surface area contributed by atoms with Crippen molar-refractivity contribution in [1.82, 2.24) is 0 Å². The molecular formula is C7H7FOV. The van der Waals surface area contributed by atoms with Crippen LogP contribution >= 0.6 is 0 Å². The smallest absolute Gasteiger partial charge is 0.123 e. The van der Waals surface area contributed by atoms with E-state index in [1.807, 2.05) is 0 Å². The molecule has 1 nitrogen and oxygen atoms in total. The van der Waals surface area contributed by atoms with Crippen LogP contribution in [0.3, 0.4) is 0 Å². The minimum absolute atomic E-state index is 0. The number of rotatable bonds is 1. The molecule has 1 N–H and O–H groups in total. The molecule has 0 unspecified atom stereocenters. The molecule has 1 aromatic rings. The van der Waals surface area contributed by atoms with Gasteiger partial charge in [-0.1, -0.05) is 12.1 Å². The van der Waals surface area contributed by atoms with Gasteiger partial charge in [-0.3, -0.25) is 0 Å². The monoisotopic (exact) mass is 177 g/mol. The molecule has 0 heterocycles. The van der Waals surface area contributed by atoms with Crippen molar-refractivity contribution >= 4 is 0 Å². The standard InChI is InChI=1S/C7H7FO.V/c8-7-3-1-6(5-9)2-4-7;/h1-4,9H,5H2;. The van der Waals surface area contributed by atoms with Crippen LogP contribution in [-0.4, -0.2) is 5.11 Å². The molecule has 1 rings (SSSR count). The molecular weight excluding hydrogens is 170 g/mol. The molecule has 0 atom stereocenters. The first-order chi connectivity index (χ1) is 4.33. The first kappa shape index (κ1) is 9.69. The SMILES string of the molecule is OCc1ccc(F)cc1.[V]. The van der Waals surface area contributed by atoms with Gasteiger partial charge in [-0.2, -0.15) is 0 Å². The summed E-state index contributed by atoms with van der Waals surface area (Å²) in [5, 5.41) is 8.51. The molecule has 0 saturated carbocycles. The van der Waals surface area contributed by atoms with Crippen molar-refractivity contribution in [2.75, 3.05) is 0 Å². The van der Waals surface area contributed by atoms with Crippen LogP contribution in [0.5, 0.6) is 0 Å². The molecule has 0 saturated heterocycles. The maximum Gasteiger partial charge on any atom is 0.123 e. The minimum Gasteiger partial charge on any atom is -0.392 e. The van der Waals surface area contributed by atoms with Crippen molar-refractivity contribution in [1.29, 1.82) is 0 Å². The van der Waals surface area contributed by atoms with E-state index in [1.165, 1.54) is 12.1 Å². The van der Waals surface area contributed by atoms with Crippen molar-refractivity contribution in [2.24, 2.45) is 0 Å². The van der Waals surface area contributed by atoms with Gasteiger partial charge in [0.25, 0.3) is 0 Å². The number of hydrogen-bond donors (Lipinski definition) is 1.